The average Bonchev–Trinajstić information content (AvgIpc) is 3.39. The molecule has 0 aliphatic heterocycles. The number of nitrogens with zero attached hydrogens (tertiary/aromatic N) is 3. The zero-order valence-electron chi connectivity index (χ0n) is 18.7. The third kappa shape index (κ3) is 4.67. The molecular weight excluding hydrogens is 422 g/mol. The summed E-state index contributed by atoms with van der Waals surface area (Å²) in [5.74, 6) is 1.25. The van der Waals surface area contributed by atoms with Crippen LogP contribution in [0.1, 0.15) is 11.4 Å². The first-order valence-electron chi connectivity index (χ1n) is 10.5. The number of carbonyl (C=O) groups excluding carboxylic acids is 1. The van der Waals surface area contributed by atoms with Gasteiger partial charge in [-0.2, -0.15) is 0 Å². The lowest BCUT2D eigenvalue weighted by molar-refractivity contribution is 0.252. The van der Waals surface area contributed by atoms with E-state index in [1.165, 1.54) is 4.68 Å². The van der Waals surface area contributed by atoms with E-state index in [2.05, 4.69) is 15.6 Å². The smallest absolute Gasteiger partial charge is 0.319 e. The first-order chi connectivity index (χ1) is 16.0. The molecule has 0 fully saturated rings. The molecule has 0 unspecified atom stereocenters. The molecule has 4 aromatic rings. The van der Waals surface area contributed by atoms with E-state index in [1.807, 2.05) is 54.6 Å². The van der Waals surface area contributed by atoms with Crippen LogP contribution < -0.4 is 20.9 Å². The third-order valence-electron chi connectivity index (χ3n) is 5.35. The lowest BCUT2D eigenvalue weighted by Gasteiger charge is -2.07. The van der Waals surface area contributed by atoms with Gasteiger partial charge in [-0.15, -0.1) is 0 Å². The second kappa shape index (κ2) is 9.47. The fraction of sp³-hybridized carbons (Fsp3) is 0.208. The van der Waals surface area contributed by atoms with Crippen molar-refractivity contribution >= 4 is 11.7 Å². The summed E-state index contributed by atoms with van der Waals surface area (Å²) >= 11 is 0. The van der Waals surface area contributed by atoms with E-state index in [0.717, 1.165) is 17.0 Å². The van der Waals surface area contributed by atoms with Crippen LogP contribution in [0.4, 0.5) is 10.5 Å². The molecule has 2 amide bonds. The van der Waals surface area contributed by atoms with Crippen molar-refractivity contribution < 1.29 is 13.9 Å². The zero-order chi connectivity index (χ0) is 23.4. The quantitative estimate of drug-likeness (QED) is 0.451. The van der Waals surface area contributed by atoms with E-state index in [0.29, 0.717) is 30.2 Å². The largest absolute Gasteiger partial charge is 0.497 e. The van der Waals surface area contributed by atoms with Gasteiger partial charge in [-0.1, -0.05) is 18.2 Å². The van der Waals surface area contributed by atoms with Gasteiger partial charge >= 0.3 is 6.03 Å². The van der Waals surface area contributed by atoms with Gasteiger partial charge < -0.3 is 19.8 Å². The van der Waals surface area contributed by atoms with Gasteiger partial charge in [0.15, 0.2) is 0 Å². The average molecular weight is 447 g/mol. The summed E-state index contributed by atoms with van der Waals surface area (Å²) in [4.78, 5) is 29.8. The molecule has 0 aliphatic carbocycles. The molecule has 0 atom stereocenters. The Bertz CT molecular complexity index is 1300. The standard InChI is InChI=1S/C24H25N5O4/c1-16-21(23(30)29(28(16)2)19-7-5-4-6-8-19)27-24(31)25-14-13-18-15-33-22(26-18)17-9-11-20(32-3)12-10-17/h4-12,15H,13-14H2,1-3H3,(H2,25,27,31). The van der Waals surface area contributed by atoms with Crippen molar-refractivity contribution in [1.29, 1.82) is 0 Å². The van der Waals surface area contributed by atoms with E-state index in [4.69, 9.17) is 9.15 Å². The molecule has 2 N–H and O–H groups in total. The normalized spacial score (nSPS) is 10.8. The summed E-state index contributed by atoms with van der Waals surface area (Å²) < 4.78 is 13.9. The number of hydrogen-bond acceptors (Lipinski definition) is 5. The van der Waals surface area contributed by atoms with Crippen LogP contribution in [0.2, 0.25) is 0 Å². The lowest BCUT2D eigenvalue weighted by Crippen LogP contribution is -2.32. The number of urea groups is 1. The molecule has 2 heterocycles. The number of carbonyl (C=O) groups is 1. The number of nitrogens with one attached hydrogen (secondary N) is 2. The van der Waals surface area contributed by atoms with Crippen molar-refractivity contribution in [3.63, 3.8) is 0 Å². The maximum atomic E-state index is 12.9. The van der Waals surface area contributed by atoms with Gasteiger partial charge in [-0.3, -0.25) is 9.48 Å². The van der Waals surface area contributed by atoms with Gasteiger partial charge in [0.25, 0.3) is 5.56 Å². The molecule has 0 bridgehead atoms. The summed E-state index contributed by atoms with van der Waals surface area (Å²) in [5, 5.41) is 5.44. The molecule has 0 spiro atoms. The molecule has 0 saturated heterocycles. The van der Waals surface area contributed by atoms with Gasteiger partial charge in [0.05, 0.1) is 24.2 Å². The number of rotatable bonds is 7. The Hall–Kier alpha value is -4.27. The number of anilines is 1. The number of benzene rings is 2. The van der Waals surface area contributed by atoms with Crippen molar-refractivity contribution in [2.45, 2.75) is 13.3 Å². The molecule has 4 rings (SSSR count). The highest BCUT2D eigenvalue weighted by Crippen LogP contribution is 2.21. The maximum Gasteiger partial charge on any atom is 0.319 e. The van der Waals surface area contributed by atoms with Gasteiger partial charge in [-0.25, -0.2) is 14.5 Å². The minimum absolute atomic E-state index is 0.238. The van der Waals surface area contributed by atoms with Crippen LogP contribution in [0.3, 0.4) is 0 Å². The number of para-hydroxylation sites is 1. The van der Waals surface area contributed by atoms with Crippen LogP contribution in [0.5, 0.6) is 5.75 Å². The van der Waals surface area contributed by atoms with Gasteiger partial charge in [-0.05, 0) is 43.3 Å². The Balaban J connectivity index is 1.36. The molecule has 2 aromatic heterocycles. The molecule has 0 saturated carbocycles. The summed E-state index contributed by atoms with van der Waals surface area (Å²) in [6, 6.07) is 16.2. The lowest BCUT2D eigenvalue weighted by atomic mass is 10.2. The zero-order valence-corrected chi connectivity index (χ0v) is 18.7. The highest BCUT2D eigenvalue weighted by Gasteiger charge is 2.18. The van der Waals surface area contributed by atoms with Crippen LogP contribution in [-0.4, -0.2) is 34.0 Å². The summed E-state index contributed by atoms with van der Waals surface area (Å²) in [5.41, 5.74) is 2.87. The topological polar surface area (TPSA) is 103 Å². The molecule has 0 radical (unpaired) electrons. The monoisotopic (exact) mass is 447 g/mol. The van der Waals surface area contributed by atoms with E-state index in [1.54, 1.807) is 32.0 Å². The summed E-state index contributed by atoms with van der Waals surface area (Å²) in [7, 11) is 3.39. The molecular formula is C24H25N5O4. The molecule has 33 heavy (non-hydrogen) atoms. The first-order valence-corrected chi connectivity index (χ1v) is 10.5. The van der Waals surface area contributed by atoms with Gasteiger partial charge in [0, 0.05) is 25.6 Å². The number of ether oxygens (including phenoxy) is 1. The number of methoxy groups -OCH3 is 1. The molecule has 170 valence electrons. The van der Waals surface area contributed by atoms with Crippen molar-refractivity contribution in [3.05, 3.63) is 82.6 Å². The second-order valence-corrected chi connectivity index (χ2v) is 7.44. The summed E-state index contributed by atoms with van der Waals surface area (Å²) in [6.07, 6.45) is 2.05. The first kappa shape index (κ1) is 21.9. The second-order valence-electron chi connectivity index (χ2n) is 7.44. The minimum atomic E-state index is -0.458. The van der Waals surface area contributed by atoms with Crippen LogP contribution >= 0.6 is 0 Å². The van der Waals surface area contributed by atoms with Crippen LogP contribution in [0.15, 0.2) is 70.1 Å². The number of amides is 2. The maximum absolute atomic E-state index is 12.9. The fourth-order valence-corrected chi connectivity index (χ4v) is 3.46. The number of aromatic nitrogens is 3. The van der Waals surface area contributed by atoms with E-state index in [-0.39, 0.29) is 11.2 Å². The van der Waals surface area contributed by atoms with E-state index < -0.39 is 6.03 Å². The third-order valence-corrected chi connectivity index (χ3v) is 5.35. The molecule has 0 aliphatic rings. The highest BCUT2D eigenvalue weighted by molar-refractivity contribution is 5.89. The van der Waals surface area contributed by atoms with Crippen molar-refractivity contribution in [3.8, 4) is 22.9 Å². The number of hydrogen-bond donors (Lipinski definition) is 2. The SMILES string of the molecule is COc1ccc(-c2nc(CCNC(=O)Nc3c(C)n(C)n(-c4ccccc4)c3=O)co2)cc1. The van der Waals surface area contributed by atoms with Crippen LogP contribution in [-0.2, 0) is 13.5 Å². The molecule has 9 nitrogen and oxygen atoms in total. The molecule has 9 heteroatoms. The van der Waals surface area contributed by atoms with Crippen molar-refractivity contribution in [1.82, 2.24) is 19.7 Å². The van der Waals surface area contributed by atoms with Crippen molar-refractivity contribution in [2.75, 3.05) is 19.0 Å². The molecule has 2 aromatic carbocycles. The van der Waals surface area contributed by atoms with Crippen LogP contribution in [0, 0.1) is 6.92 Å². The van der Waals surface area contributed by atoms with Gasteiger partial charge in [0.2, 0.25) is 5.89 Å². The Morgan fingerprint density at radius 3 is 2.55 bits per heavy atom. The van der Waals surface area contributed by atoms with Crippen molar-refractivity contribution in [2.24, 2.45) is 7.05 Å². The summed E-state index contributed by atoms with van der Waals surface area (Å²) in [6.45, 7) is 2.12. The van der Waals surface area contributed by atoms with Crippen LogP contribution in [0.25, 0.3) is 17.1 Å². The Labute approximate surface area is 190 Å². The predicted molar refractivity (Wildman–Crippen MR) is 125 cm³/mol. The van der Waals surface area contributed by atoms with E-state index in [9.17, 15) is 9.59 Å². The number of oxazole rings is 1. The minimum Gasteiger partial charge on any atom is -0.497 e. The Morgan fingerprint density at radius 2 is 1.85 bits per heavy atom. The Kier molecular flexibility index (Phi) is 6.30. The highest BCUT2D eigenvalue weighted by atomic mass is 16.5. The van der Waals surface area contributed by atoms with Gasteiger partial charge in [0.1, 0.15) is 17.7 Å². The Morgan fingerprint density at radius 1 is 1.12 bits per heavy atom. The fourth-order valence-electron chi connectivity index (χ4n) is 3.46. The van der Waals surface area contributed by atoms with E-state index >= 15 is 0 Å². The predicted octanol–water partition coefficient (Wildman–Crippen LogP) is 3.51.